The summed E-state index contributed by atoms with van der Waals surface area (Å²) in [6, 6.07) is -0.166. The van der Waals surface area contributed by atoms with E-state index in [0.29, 0.717) is 6.54 Å². The molecular formula is C8H14N4O2. The first kappa shape index (κ1) is 9.73. The van der Waals surface area contributed by atoms with Crippen LogP contribution in [-0.2, 0) is 9.47 Å². The molecule has 6 nitrogen and oxygen atoms in total. The molecule has 0 aliphatic carbocycles. The molecule has 0 aromatic heterocycles. The molecule has 0 unspecified atom stereocenters. The smallest absolute Gasteiger partial charge is 0.163 e. The minimum absolute atomic E-state index is 0.00532. The maximum atomic E-state index is 8.40. The number of hydrogen-bond donors (Lipinski definition) is 1. The maximum absolute atomic E-state index is 8.40. The highest BCUT2D eigenvalue weighted by atomic mass is 16.8. The second-order valence-electron chi connectivity index (χ2n) is 4.07. The van der Waals surface area contributed by atoms with Crippen LogP contribution in [0.15, 0.2) is 5.11 Å². The first-order valence-corrected chi connectivity index (χ1v) is 4.73. The van der Waals surface area contributed by atoms with Gasteiger partial charge in [0, 0.05) is 18.0 Å². The van der Waals surface area contributed by atoms with E-state index in [1.807, 2.05) is 13.8 Å². The van der Waals surface area contributed by atoms with Crippen molar-refractivity contribution in [1.29, 1.82) is 0 Å². The highest BCUT2D eigenvalue weighted by Crippen LogP contribution is 2.32. The largest absolute Gasteiger partial charge is 0.344 e. The standard InChI is InChI=1S/C8H14N4O2/c1-8(2)13-6-4-10-3-5(11-12-9)7(6)14-8/h5-7,10H,3-4H2,1-2H3/t5-,6-,7+/m0/s1. The third-order valence-corrected chi connectivity index (χ3v) is 2.50. The predicted molar refractivity (Wildman–Crippen MR) is 49.6 cm³/mol. The fourth-order valence-corrected chi connectivity index (χ4v) is 2.01. The van der Waals surface area contributed by atoms with Crippen molar-refractivity contribution in [2.45, 2.75) is 37.9 Å². The SMILES string of the molecule is CC1(C)O[C@@H]2[C@@H](N=[N+]=[N-])CNC[C@@H]2O1. The van der Waals surface area contributed by atoms with E-state index in [-0.39, 0.29) is 18.2 Å². The van der Waals surface area contributed by atoms with E-state index in [0.717, 1.165) is 6.54 Å². The number of hydrogen-bond acceptors (Lipinski definition) is 4. The van der Waals surface area contributed by atoms with Crippen LogP contribution in [0.5, 0.6) is 0 Å². The van der Waals surface area contributed by atoms with Crippen LogP contribution in [0.25, 0.3) is 10.4 Å². The van der Waals surface area contributed by atoms with Crippen molar-refractivity contribution in [3.63, 3.8) is 0 Å². The zero-order chi connectivity index (χ0) is 10.2. The Morgan fingerprint density at radius 1 is 1.43 bits per heavy atom. The molecule has 0 spiro atoms. The molecule has 14 heavy (non-hydrogen) atoms. The Kier molecular flexibility index (Phi) is 2.36. The molecule has 2 saturated heterocycles. The molecule has 0 aromatic rings. The summed E-state index contributed by atoms with van der Waals surface area (Å²) in [5, 5.41) is 6.86. The highest BCUT2D eigenvalue weighted by Gasteiger charge is 2.46. The van der Waals surface area contributed by atoms with E-state index in [2.05, 4.69) is 15.3 Å². The number of nitrogens with zero attached hydrogens (tertiary/aromatic N) is 3. The summed E-state index contributed by atoms with van der Waals surface area (Å²) in [5.74, 6) is -0.565. The molecule has 0 saturated carbocycles. The Bertz CT molecular complexity index is 275. The van der Waals surface area contributed by atoms with E-state index in [9.17, 15) is 0 Å². The zero-order valence-electron chi connectivity index (χ0n) is 8.30. The Morgan fingerprint density at radius 2 is 2.21 bits per heavy atom. The van der Waals surface area contributed by atoms with Crippen molar-refractivity contribution in [3.8, 4) is 0 Å². The average Bonchev–Trinajstić information content (AvgIpc) is 2.41. The van der Waals surface area contributed by atoms with Gasteiger partial charge in [0.25, 0.3) is 0 Å². The van der Waals surface area contributed by atoms with Crippen LogP contribution in [0.4, 0.5) is 0 Å². The Morgan fingerprint density at radius 3 is 2.93 bits per heavy atom. The van der Waals surface area contributed by atoms with Gasteiger partial charge in [0.05, 0.1) is 12.1 Å². The molecule has 0 amide bonds. The topological polar surface area (TPSA) is 79.2 Å². The van der Waals surface area contributed by atoms with Crippen molar-refractivity contribution in [2.24, 2.45) is 5.11 Å². The van der Waals surface area contributed by atoms with Crippen LogP contribution < -0.4 is 5.32 Å². The van der Waals surface area contributed by atoms with Crippen molar-refractivity contribution in [3.05, 3.63) is 10.4 Å². The Hall–Kier alpha value is -0.810. The Labute approximate surface area is 82.2 Å². The van der Waals surface area contributed by atoms with Gasteiger partial charge in [-0.2, -0.15) is 0 Å². The second-order valence-corrected chi connectivity index (χ2v) is 4.07. The van der Waals surface area contributed by atoms with E-state index in [1.54, 1.807) is 0 Å². The molecule has 1 N–H and O–H groups in total. The number of fused-ring (bicyclic) bond motifs is 1. The molecule has 3 atom stereocenters. The van der Waals surface area contributed by atoms with E-state index >= 15 is 0 Å². The summed E-state index contributed by atoms with van der Waals surface area (Å²) in [6.45, 7) is 5.16. The fraction of sp³-hybridized carbons (Fsp3) is 1.00. The van der Waals surface area contributed by atoms with Crippen LogP contribution in [0.3, 0.4) is 0 Å². The lowest BCUT2D eigenvalue weighted by molar-refractivity contribution is -0.145. The molecule has 0 radical (unpaired) electrons. The van der Waals surface area contributed by atoms with Crippen molar-refractivity contribution >= 4 is 0 Å². The van der Waals surface area contributed by atoms with Crippen LogP contribution >= 0.6 is 0 Å². The normalized spacial score (nSPS) is 40.0. The third kappa shape index (κ3) is 1.69. The molecule has 6 heteroatoms. The van der Waals surface area contributed by atoms with Crippen LogP contribution in [0.2, 0.25) is 0 Å². The predicted octanol–water partition coefficient (Wildman–Crippen LogP) is 0.789. The van der Waals surface area contributed by atoms with E-state index in [1.165, 1.54) is 0 Å². The first-order chi connectivity index (χ1) is 6.62. The van der Waals surface area contributed by atoms with Gasteiger partial charge in [-0.3, -0.25) is 0 Å². The molecule has 0 bridgehead atoms. The van der Waals surface area contributed by atoms with Crippen LogP contribution in [0.1, 0.15) is 13.8 Å². The monoisotopic (exact) mass is 198 g/mol. The molecular weight excluding hydrogens is 184 g/mol. The first-order valence-electron chi connectivity index (χ1n) is 4.73. The van der Waals surface area contributed by atoms with Crippen LogP contribution in [-0.4, -0.2) is 37.1 Å². The lowest BCUT2D eigenvalue weighted by Crippen LogP contribution is -2.51. The van der Waals surface area contributed by atoms with Gasteiger partial charge >= 0.3 is 0 Å². The maximum Gasteiger partial charge on any atom is 0.163 e. The molecule has 78 valence electrons. The number of piperidine rings is 1. The Balaban J connectivity index is 2.14. The minimum Gasteiger partial charge on any atom is -0.344 e. The lowest BCUT2D eigenvalue weighted by Gasteiger charge is -2.28. The van der Waals surface area contributed by atoms with Crippen LogP contribution in [0, 0.1) is 0 Å². The summed E-state index contributed by atoms with van der Waals surface area (Å²) < 4.78 is 11.4. The third-order valence-electron chi connectivity index (χ3n) is 2.50. The van der Waals surface area contributed by atoms with Gasteiger partial charge in [0.2, 0.25) is 0 Å². The van der Waals surface area contributed by atoms with Crippen molar-refractivity contribution in [2.75, 3.05) is 13.1 Å². The number of azide groups is 1. The molecule has 2 heterocycles. The van der Waals surface area contributed by atoms with Gasteiger partial charge in [-0.15, -0.1) is 0 Å². The highest BCUT2D eigenvalue weighted by molar-refractivity contribution is 4.96. The summed E-state index contributed by atoms with van der Waals surface area (Å²) in [7, 11) is 0. The van der Waals surface area contributed by atoms with E-state index in [4.69, 9.17) is 15.0 Å². The quantitative estimate of drug-likeness (QED) is 0.384. The second kappa shape index (κ2) is 3.40. The number of ether oxygens (including phenoxy) is 2. The van der Waals surface area contributed by atoms with Crippen molar-refractivity contribution in [1.82, 2.24) is 5.32 Å². The molecule has 2 rings (SSSR count). The van der Waals surface area contributed by atoms with Gasteiger partial charge in [0.1, 0.15) is 6.10 Å². The van der Waals surface area contributed by atoms with Crippen molar-refractivity contribution < 1.29 is 9.47 Å². The minimum atomic E-state index is -0.565. The molecule has 2 aliphatic heterocycles. The van der Waals surface area contributed by atoms with Gasteiger partial charge < -0.3 is 14.8 Å². The van der Waals surface area contributed by atoms with Gasteiger partial charge in [-0.05, 0) is 19.4 Å². The molecule has 2 aliphatic rings. The summed E-state index contributed by atoms with van der Waals surface area (Å²) in [4.78, 5) is 2.82. The molecule has 0 aromatic carbocycles. The van der Waals surface area contributed by atoms with Gasteiger partial charge in [0.15, 0.2) is 5.79 Å². The number of nitrogens with one attached hydrogen (secondary N) is 1. The lowest BCUT2D eigenvalue weighted by atomic mass is 10.0. The van der Waals surface area contributed by atoms with E-state index < -0.39 is 5.79 Å². The number of rotatable bonds is 1. The van der Waals surface area contributed by atoms with Gasteiger partial charge in [-0.25, -0.2) is 0 Å². The average molecular weight is 198 g/mol. The summed E-state index contributed by atoms with van der Waals surface area (Å²) >= 11 is 0. The summed E-state index contributed by atoms with van der Waals surface area (Å²) in [6.07, 6.45) is -0.114. The fourth-order valence-electron chi connectivity index (χ4n) is 2.01. The summed E-state index contributed by atoms with van der Waals surface area (Å²) in [5.41, 5.74) is 8.40. The van der Waals surface area contributed by atoms with Gasteiger partial charge in [-0.1, -0.05) is 5.11 Å². The molecule has 2 fully saturated rings. The zero-order valence-corrected chi connectivity index (χ0v) is 8.30.